The van der Waals surface area contributed by atoms with Crippen LogP contribution in [-0.4, -0.2) is 23.7 Å². The lowest BCUT2D eigenvalue weighted by atomic mass is 10.1. The first kappa shape index (κ1) is 14.6. The molecule has 3 N–H and O–H groups in total. The van der Waals surface area contributed by atoms with Crippen LogP contribution >= 0.6 is 0 Å². The average Bonchev–Trinajstić information content (AvgIpc) is 2.36. The van der Waals surface area contributed by atoms with Crippen LogP contribution in [0.2, 0.25) is 0 Å². The summed E-state index contributed by atoms with van der Waals surface area (Å²) in [5, 5.41) is 14.2. The van der Waals surface area contributed by atoms with Crippen molar-refractivity contribution in [3.63, 3.8) is 0 Å². The van der Waals surface area contributed by atoms with E-state index in [4.69, 9.17) is 5.11 Å². The highest BCUT2D eigenvalue weighted by atomic mass is 16.4. The molecule has 5 nitrogen and oxygen atoms in total. The first-order chi connectivity index (χ1) is 9.04. The predicted molar refractivity (Wildman–Crippen MR) is 73.2 cm³/mol. The summed E-state index contributed by atoms with van der Waals surface area (Å²) in [7, 11) is 0. The minimum atomic E-state index is -1.07. The van der Waals surface area contributed by atoms with Crippen molar-refractivity contribution in [1.29, 1.82) is 0 Å². The van der Waals surface area contributed by atoms with Gasteiger partial charge in [0.15, 0.2) is 0 Å². The third-order valence-corrected chi connectivity index (χ3v) is 2.37. The summed E-state index contributed by atoms with van der Waals surface area (Å²) in [5.74, 6) is 4.47. The van der Waals surface area contributed by atoms with E-state index >= 15 is 0 Å². The van der Waals surface area contributed by atoms with Gasteiger partial charge in [-0.2, -0.15) is 0 Å². The Morgan fingerprint density at radius 2 is 2.11 bits per heavy atom. The number of aromatic carboxylic acids is 1. The number of carbonyl (C=O) groups is 2. The zero-order valence-electron chi connectivity index (χ0n) is 10.9. The van der Waals surface area contributed by atoms with Gasteiger partial charge in [-0.25, -0.2) is 9.59 Å². The van der Waals surface area contributed by atoms with Gasteiger partial charge >= 0.3 is 12.0 Å². The molecule has 0 saturated carbocycles. The minimum Gasteiger partial charge on any atom is -0.478 e. The molecule has 2 amide bonds. The molecule has 0 aliphatic rings. The lowest BCUT2D eigenvalue weighted by molar-refractivity contribution is 0.0698. The molecule has 0 spiro atoms. The number of hydrogen-bond acceptors (Lipinski definition) is 2. The molecular weight excluding hydrogens is 244 g/mol. The van der Waals surface area contributed by atoms with Gasteiger partial charge in [0.25, 0.3) is 0 Å². The van der Waals surface area contributed by atoms with Gasteiger partial charge in [-0.15, -0.1) is 11.8 Å². The van der Waals surface area contributed by atoms with E-state index in [1.807, 2.05) is 0 Å². The summed E-state index contributed by atoms with van der Waals surface area (Å²) < 4.78 is 0. The van der Waals surface area contributed by atoms with Crippen LogP contribution in [0.1, 0.15) is 29.3 Å². The molecule has 1 rings (SSSR count). The van der Waals surface area contributed by atoms with Gasteiger partial charge in [-0.1, -0.05) is 11.6 Å². The Balaban J connectivity index is 2.67. The van der Waals surface area contributed by atoms with Gasteiger partial charge < -0.3 is 15.7 Å². The fourth-order valence-corrected chi connectivity index (χ4v) is 1.47. The van der Waals surface area contributed by atoms with Crippen molar-refractivity contribution in [1.82, 2.24) is 5.32 Å². The lowest BCUT2D eigenvalue weighted by Crippen LogP contribution is -2.30. The molecule has 0 unspecified atom stereocenters. The van der Waals surface area contributed by atoms with E-state index in [1.165, 1.54) is 6.07 Å². The van der Waals surface area contributed by atoms with Crippen LogP contribution in [0.25, 0.3) is 0 Å². The zero-order chi connectivity index (χ0) is 14.3. The van der Waals surface area contributed by atoms with Crippen molar-refractivity contribution in [2.45, 2.75) is 20.3 Å². The van der Waals surface area contributed by atoms with E-state index < -0.39 is 12.0 Å². The number of carboxylic acids is 1. The first-order valence-electron chi connectivity index (χ1n) is 5.83. The summed E-state index contributed by atoms with van der Waals surface area (Å²) >= 11 is 0. The highest BCUT2D eigenvalue weighted by Crippen LogP contribution is 2.17. The quantitative estimate of drug-likeness (QED) is 0.573. The summed E-state index contributed by atoms with van der Waals surface area (Å²) in [4.78, 5) is 22.6. The van der Waals surface area contributed by atoms with Crippen molar-refractivity contribution in [2.24, 2.45) is 0 Å². The number of aryl methyl sites for hydroxylation is 1. The van der Waals surface area contributed by atoms with Crippen molar-refractivity contribution >= 4 is 17.7 Å². The van der Waals surface area contributed by atoms with Gasteiger partial charge in [-0.05, 0) is 26.0 Å². The van der Waals surface area contributed by atoms with Crippen LogP contribution in [0, 0.1) is 18.8 Å². The van der Waals surface area contributed by atoms with Crippen molar-refractivity contribution < 1.29 is 14.7 Å². The van der Waals surface area contributed by atoms with Crippen molar-refractivity contribution in [3.8, 4) is 11.8 Å². The Hall–Kier alpha value is -2.48. The fourth-order valence-electron chi connectivity index (χ4n) is 1.47. The minimum absolute atomic E-state index is 0.0727. The third-order valence-electron chi connectivity index (χ3n) is 2.37. The molecular formula is C14H16N2O3. The second kappa shape index (κ2) is 7.07. The normalized spacial score (nSPS) is 9.16. The van der Waals surface area contributed by atoms with Crippen LogP contribution in [0.4, 0.5) is 10.5 Å². The zero-order valence-corrected chi connectivity index (χ0v) is 10.9. The Morgan fingerprint density at radius 1 is 1.37 bits per heavy atom. The number of benzene rings is 1. The molecule has 0 saturated heterocycles. The number of carboxylic acid groups (broad SMARTS) is 1. The monoisotopic (exact) mass is 260 g/mol. The molecule has 1 aromatic rings. The lowest BCUT2D eigenvalue weighted by Gasteiger charge is -2.09. The smallest absolute Gasteiger partial charge is 0.337 e. The molecule has 0 fully saturated rings. The topological polar surface area (TPSA) is 78.4 Å². The first-order valence-corrected chi connectivity index (χ1v) is 5.83. The van der Waals surface area contributed by atoms with Gasteiger partial charge in [-0.3, -0.25) is 0 Å². The van der Waals surface area contributed by atoms with Crippen LogP contribution in [0.3, 0.4) is 0 Å². The van der Waals surface area contributed by atoms with E-state index in [1.54, 1.807) is 26.0 Å². The number of amides is 2. The number of nitrogens with one attached hydrogen (secondary N) is 2. The SMILES string of the molecule is CC#CCCNC(=O)Nc1ccc(C)cc1C(=O)O. The van der Waals surface area contributed by atoms with E-state index in [-0.39, 0.29) is 11.3 Å². The number of urea groups is 1. The van der Waals surface area contributed by atoms with Gasteiger partial charge in [0, 0.05) is 13.0 Å². The Labute approximate surface area is 112 Å². The maximum Gasteiger partial charge on any atom is 0.337 e. The molecule has 100 valence electrons. The molecule has 0 atom stereocenters. The maximum absolute atomic E-state index is 11.6. The number of anilines is 1. The van der Waals surface area contributed by atoms with Crippen LogP contribution in [0.5, 0.6) is 0 Å². The summed E-state index contributed by atoms with van der Waals surface area (Å²) in [6.07, 6.45) is 0.559. The second-order valence-corrected chi connectivity index (χ2v) is 3.91. The number of rotatable bonds is 4. The second-order valence-electron chi connectivity index (χ2n) is 3.91. The molecule has 1 aromatic carbocycles. The molecule has 19 heavy (non-hydrogen) atoms. The van der Waals surface area contributed by atoms with E-state index in [0.717, 1.165) is 5.56 Å². The molecule has 5 heteroatoms. The van der Waals surface area contributed by atoms with Crippen LogP contribution < -0.4 is 10.6 Å². The van der Waals surface area contributed by atoms with Crippen molar-refractivity contribution in [2.75, 3.05) is 11.9 Å². The van der Waals surface area contributed by atoms with E-state index in [9.17, 15) is 9.59 Å². The average molecular weight is 260 g/mol. The summed E-state index contributed by atoms with van der Waals surface area (Å²) in [5.41, 5.74) is 1.17. The largest absolute Gasteiger partial charge is 0.478 e. The molecule has 0 radical (unpaired) electrons. The molecule has 0 aromatic heterocycles. The van der Waals surface area contributed by atoms with Crippen molar-refractivity contribution in [3.05, 3.63) is 29.3 Å². The third kappa shape index (κ3) is 4.72. The van der Waals surface area contributed by atoms with E-state index in [0.29, 0.717) is 13.0 Å². The Kier molecular flexibility index (Phi) is 5.42. The Morgan fingerprint density at radius 3 is 2.74 bits per heavy atom. The molecule has 0 aliphatic heterocycles. The highest BCUT2D eigenvalue weighted by molar-refractivity contribution is 6.00. The Bertz CT molecular complexity index is 541. The van der Waals surface area contributed by atoms with Crippen LogP contribution in [0.15, 0.2) is 18.2 Å². The fraction of sp³-hybridized carbons (Fsp3) is 0.286. The van der Waals surface area contributed by atoms with Gasteiger partial charge in [0.2, 0.25) is 0 Å². The number of hydrogen-bond donors (Lipinski definition) is 3. The summed E-state index contributed by atoms with van der Waals surface area (Å²) in [6, 6.07) is 4.39. The molecule has 0 heterocycles. The predicted octanol–water partition coefficient (Wildman–Crippen LogP) is 2.23. The highest BCUT2D eigenvalue weighted by Gasteiger charge is 2.12. The number of carbonyl (C=O) groups excluding carboxylic acids is 1. The summed E-state index contributed by atoms with van der Waals surface area (Å²) in [6.45, 7) is 3.94. The standard InChI is InChI=1S/C14H16N2O3/c1-3-4-5-8-15-14(19)16-12-7-6-10(2)9-11(12)13(17)18/h6-7,9H,5,8H2,1-2H3,(H,17,18)(H2,15,16,19). The van der Waals surface area contributed by atoms with Gasteiger partial charge in [0.05, 0.1) is 11.3 Å². The van der Waals surface area contributed by atoms with E-state index in [2.05, 4.69) is 22.5 Å². The van der Waals surface area contributed by atoms with Crippen LogP contribution in [-0.2, 0) is 0 Å². The molecule has 0 aliphatic carbocycles. The maximum atomic E-state index is 11.6. The van der Waals surface area contributed by atoms with Gasteiger partial charge in [0.1, 0.15) is 0 Å². The molecule has 0 bridgehead atoms.